The molecule has 0 fully saturated rings. The van der Waals surface area contributed by atoms with E-state index in [1.807, 2.05) is 0 Å². The van der Waals surface area contributed by atoms with Crippen LogP contribution in [0.15, 0.2) is 0 Å². The zero-order chi connectivity index (χ0) is 9.56. The molecule has 0 saturated carbocycles. The smallest absolute Gasteiger partial charge is 0.324 e. The molecule has 0 bridgehead atoms. The van der Waals surface area contributed by atoms with Crippen LogP contribution in [0.5, 0.6) is 0 Å². The fourth-order valence-electron chi connectivity index (χ4n) is 0.611. The Kier molecular flexibility index (Phi) is 5.80. The molecule has 1 radical (unpaired) electrons. The van der Waals surface area contributed by atoms with Crippen LogP contribution in [0.2, 0.25) is 0 Å². The number of carbonyl (C=O) groups is 2. The molecule has 0 rings (SSSR count). The van der Waals surface area contributed by atoms with Gasteiger partial charge in [0.2, 0.25) is 0 Å². The Morgan fingerprint density at radius 1 is 1.33 bits per heavy atom. The number of ketones is 1. The van der Waals surface area contributed by atoms with Gasteiger partial charge >= 0.3 is 5.97 Å². The highest BCUT2D eigenvalue weighted by molar-refractivity contribution is 7.84. The molecule has 0 amide bonds. The molecule has 12 heavy (non-hydrogen) atoms. The first-order valence-corrected chi connectivity index (χ1v) is 4.24. The van der Waals surface area contributed by atoms with Crippen molar-refractivity contribution in [3.05, 3.63) is 5.25 Å². The molecule has 0 spiro atoms. The molecule has 69 valence electrons. The van der Waals surface area contributed by atoms with Crippen molar-refractivity contribution in [1.82, 2.24) is 0 Å². The van der Waals surface area contributed by atoms with Crippen LogP contribution in [0, 0.1) is 5.25 Å². The topological polar surface area (TPSA) is 43.4 Å². The van der Waals surface area contributed by atoms with Gasteiger partial charge in [0.15, 0.2) is 0 Å². The van der Waals surface area contributed by atoms with E-state index in [0.29, 0.717) is 24.7 Å². The van der Waals surface area contributed by atoms with E-state index in [1.54, 1.807) is 6.92 Å². The number of Topliss-reactive ketones (excluding diaryl/α,β-unsaturated/α-hetero) is 1. The normalized spacial score (nSPS) is 10.0. The van der Waals surface area contributed by atoms with Gasteiger partial charge in [0.1, 0.15) is 11.0 Å². The van der Waals surface area contributed by atoms with Crippen molar-refractivity contribution in [3.8, 4) is 0 Å². The molecule has 0 unspecified atom stereocenters. The van der Waals surface area contributed by atoms with Crippen molar-refractivity contribution >= 4 is 24.4 Å². The Bertz CT molecular complexity index is 168. The summed E-state index contributed by atoms with van der Waals surface area (Å²) in [7, 11) is 0. The largest absolute Gasteiger partial charge is 0.465 e. The van der Waals surface area contributed by atoms with Crippen LogP contribution < -0.4 is 0 Å². The van der Waals surface area contributed by atoms with E-state index in [-0.39, 0.29) is 5.78 Å². The zero-order valence-electron chi connectivity index (χ0n) is 7.29. The maximum absolute atomic E-state index is 10.9. The first-order valence-electron chi connectivity index (χ1n) is 3.79. The monoisotopic (exact) mass is 189 g/mol. The standard InChI is InChI=1S/C8H13O3S/c1-3-11-8(10)7(12)5-4-6(2)9/h12H,3-5H2,1-2H3. The van der Waals surface area contributed by atoms with E-state index >= 15 is 0 Å². The molecule has 0 atom stereocenters. The summed E-state index contributed by atoms with van der Waals surface area (Å²) in [5.41, 5.74) is 0. The molecule has 0 aliphatic heterocycles. The summed E-state index contributed by atoms with van der Waals surface area (Å²) in [6.07, 6.45) is 0.717. The molecule has 0 aliphatic rings. The second kappa shape index (κ2) is 6.06. The van der Waals surface area contributed by atoms with Gasteiger partial charge in [0.05, 0.1) is 6.61 Å². The summed E-state index contributed by atoms with van der Waals surface area (Å²) >= 11 is 3.92. The summed E-state index contributed by atoms with van der Waals surface area (Å²) in [6.45, 7) is 3.54. The minimum atomic E-state index is -0.429. The minimum absolute atomic E-state index is 0.0471. The van der Waals surface area contributed by atoms with Crippen molar-refractivity contribution in [2.75, 3.05) is 6.61 Å². The molecular formula is C8H13O3S. The lowest BCUT2D eigenvalue weighted by molar-refractivity contribution is -0.139. The van der Waals surface area contributed by atoms with Crippen LogP contribution in [0.1, 0.15) is 26.7 Å². The Balaban J connectivity index is 3.63. The highest BCUT2D eigenvalue weighted by Crippen LogP contribution is 2.15. The Morgan fingerprint density at radius 3 is 2.33 bits per heavy atom. The first kappa shape index (κ1) is 11.5. The van der Waals surface area contributed by atoms with E-state index in [4.69, 9.17) is 0 Å². The molecule has 4 heteroatoms. The third-order valence-electron chi connectivity index (χ3n) is 1.22. The van der Waals surface area contributed by atoms with Crippen molar-refractivity contribution in [2.45, 2.75) is 26.7 Å². The lowest BCUT2D eigenvalue weighted by Crippen LogP contribution is -2.11. The van der Waals surface area contributed by atoms with Gasteiger partial charge in [0.25, 0.3) is 0 Å². The van der Waals surface area contributed by atoms with E-state index in [0.717, 1.165) is 0 Å². The number of carbonyl (C=O) groups excluding carboxylic acids is 2. The zero-order valence-corrected chi connectivity index (χ0v) is 8.19. The molecule has 0 aliphatic carbocycles. The molecule has 0 saturated heterocycles. The molecule has 0 N–H and O–H groups in total. The molecule has 0 aromatic rings. The van der Waals surface area contributed by atoms with Gasteiger partial charge in [-0.2, -0.15) is 12.6 Å². The second-order valence-corrected chi connectivity index (χ2v) is 2.91. The van der Waals surface area contributed by atoms with Gasteiger partial charge in [-0.1, -0.05) is 0 Å². The average molecular weight is 189 g/mol. The van der Waals surface area contributed by atoms with Gasteiger partial charge in [-0.25, -0.2) is 0 Å². The highest BCUT2D eigenvalue weighted by atomic mass is 32.1. The SMILES string of the molecule is CCOC(=O)[C](S)CCC(C)=O. The van der Waals surface area contributed by atoms with Crippen molar-refractivity contribution in [3.63, 3.8) is 0 Å². The molecule has 0 aromatic carbocycles. The highest BCUT2D eigenvalue weighted by Gasteiger charge is 2.16. The summed E-state index contributed by atoms with van der Waals surface area (Å²) in [6, 6.07) is 0. The molecule has 3 nitrogen and oxygen atoms in total. The maximum Gasteiger partial charge on any atom is 0.324 e. The molecule has 0 heterocycles. The lowest BCUT2D eigenvalue weighted by Gasteiger charge is -2.06. The summed E-state index contributed by atoms with van der Waals surface area (Å²) < 4.78 is 4.67. The third kappa shape index (κ3) is 5.18. The number of hydrogen-bond acceptors (Lipinski definition) is 4. The molecular weight excluding hydrogens is 176 g/mol. The third-order valence-corrected chi connectivity index (χ3v) is 1.63. The Hall–Kier alpha value is -0.510. The van der Waals surface area contributed by atoms with Gasteiger partial charge < -0.3 is 9.53 Å². The molecule has 0 aromatic heterocycles. The Labute approximate surface area is 77.9 Å². The minimum Gasteiger partial charge on any atom is -0.465 e. The number of hydrogen-bond donors (Lipinski definition) is 1. The van der Waals surface area contributed by atoms with Crippen molar-refractivity contribution in [2.24, 2.45) is 0 Å². The van der Waals surface area contributed by atoms with Gasteiger partial charge in [0, 0.05) is 6.42 Å². The lowest BCUT2D eigenvalue weighted by atomic mass is 10.2. The van der Waals surface area contributed by atoms with Gasteiger partial charge in [-0.15, -0.1) is 0 Å². The van der Waals surface area contributed by atoms with E-state index in [9.17, 15) is 9.59 Å². The summed E-state index contributed by atoms with van der Waals surface area (Å²) in [5, 5.41) is 0.312. The first-order chi connectivity index (χ1) is 5.57. The van der Waals surface area contributed by atoms with Crippen LogP contribution >= 0.6 is 12.6 Å². The number of ether oxygens (including phenoxy) is 1. The fourth-order valence-corrected chi connectivity index (χ4v) is 0.787. The summed E-state index contributed by atoms with van der Waals surface area (Å²) in [4.78, 5) is 21.4. The van der Waals surface area contributed by atoms with Crippen LogP contribution in [0.3, 0.4) is 0 Å². The quantitative estimate of drug-likeness (QED) is 0.525. The van der Waals surface area contributed by atoms with E-state index in [1.165, 1.54) is 6.92 Å². The predicted molar refractivity (Wildman–Crippen MR) is 48.8 cm³/mol. The van der Waals surface area contributed by atoms with Crippen LogP contribution in [0.25, 0.3) is 0 Å². The fraction of sp³-hybridized carbons (Fsp3) is 0.625. The van der Waals surface area contributed by atoms with Gasteiger partial charge in [-0.05, 0) is 20.3 Å². The Morgan fingerprint density at radius 2 is 1.92 bits per heavy atom. The van der Waals surface area contributed by atoms with E-state index in [2.05, 4.69) is 17.4 Å². The predicted octanol–water partition coefficient (Wildman–Crippen LogP) is 1.38. The van der Waals surface area contributed by atoms with Crippen LogP contribution in [-0.4, -0.2) is 18.4 Å². The number of thiol groups is 1. The second-order valence-electron chi connectivity index (χ2n) is 2.37. The van der Waals surface area contributed by atoms with Crippen LogP contribution in [0.4, 0.5) is 0 Å². The van der Waals surface area contributed by atoms with E-state index < -0.39 is 5.97 Å². The van der Waals surface area contributed by atoms with Crippen LogP contribution in [-0.2, 0) is 14.3 Å². The number of esters is 1. The maximum atomic E-state index is 10.9. The van der Waals surface area contributed by atoms with Crippen molar-refractivity contribution < 1.29 is 14.3 Å². The average Bonchev–Trinajstić information content (AvgIpc) is 2.00. The van der Waals surface area contributed by atoms with Crippen molar-refractivity contribution in [1.29, 1.82) is 0 Å². The van der Waals surface area contributed by atoms with Gasteiger partial charge in [-0.3, -0.25) is 4.79 Å². The summed E-state index contributed by atoms with van der Waals surface area (Å²) in [5.74, 6) is -0.382. The number of rotatable bonds is 5.